The van der Waals surface area contributed by atoms with Gasteiger partial charge in [0.05, 0.1) is 18.1 Å². The fraction of sp³-hybridized carbons (Fsp3) is 0.600. The zero-order chi connectivity index (χ0) is 18.6. The Morgan fingerprint density at radius 3 is 2.62 bits per heavy atom. The Kier molecular flexibility index (Phi) is 7.91. The number of halogens is 4. The van der Waals surface area contributed by atoms with Crippen molar-refractivity contribution in [2.75, 3.05) is 33.4 Å². The maximum atomic E-state index is 12.3. The van der Waals surface area contributed by atoms with Gasteiger partial charge in [-0.15, -0.1) is 12.4 Å². The number of nitrogens with one attached hydrogen (secondary N) is 1. The van der Waals surface area contributed by atoms with Gasteiger partial charge in [0.2, 0.25) is 0 Å². The molecule has 0 aromatic heterocycles. The van der Waals surface area contributed by atoms with E-state index in [4.69, 9.17) is 4.74 Å². The highest BCUT2D eigenvalue weighted by atomic mass is 35.5. The van der Waals surface area contributed by atoms with E-state index in [1.54, 1.807) is 0 Å². The van der Waals surface area contributed by atoms with Crippen molar-refractivity contribution >= 4 is 18.1 Å². The second-order valence-electron chi connectivity index (χ2n) is 5.88. The first kappa shape index (κ1) is 22.3. The predicted molar refractivity (Wildman–Crippen MR) is 91.2 cm³/mol. The number of methoxy groups -OCH3 is 1. The summed E-state index contributed by atoms with van der Waals surface area (Å²) in [5.41, 5.74) is 0.0828. The summed E-state index contributed by atoms with van der Waals surface area (Å²) in [5, 5.41) is 14.6. The van der Waals surface area contributed by atoms with Crippen molar-refractivity contribution in [1.29, 1.82) is 0 Å². The summed E-state index contributed by atoms with van der Waals surface area (Å²) >= 11 is 0. The van der Waals surface area contributed by atoms with Crippen LogP contribution < -0.4 is 14.8 Å². The Morgan fingerprint density at radius 1 is 1.38 bits per heavy atom. The van der Waals surface area contributed by atoms with Crippen LogP contribution in [0, 0.1) is 10.1 Å². The number of hydrogen-bond acceptors (Lipinski definition) is 6. The van der Waals surface area contributed by atoms with Crippen molar-refractivity contribution < 1.29 is 27.6 Å². The van der Waals surface area contributed by atoms with Crippen LogP contribution in [0.25, 0.3) is 0 Å². The molecule has 0 saturated carbocycles. The zero-order valence-electron chi connectivity index (χ0n) is 14.3. The quantitative estimate of drug-likeness (QED) is 0.585. The van der Waals surface area contributed by atoms with E-state index in [2.05, 4.69) is 10.1 Å². The van der Waals surface area contributed by atoms with Crippen molar-refractivity contribution in [2.45, 2.75) is 25.7 Å². The van der Waals surface area contributed by atoms with Crippen molar-refractivity contribution in [3.63, 3.8) is 0 Å². The van der Waals surface area contributed by atoms with E-state index in [1.165, 1.54) is 13.2 Å². The summed E-state index contributed by atoms with van der Waals surface area (Å²) in [5.74, 6) is -0.267. The van der Waals surface area contributed by atoms with Gasteiger partial charge in [0.1, 0.15) is 0 Å². The number of nitrogens with zero attached hydrogens (tertiary/aromatic N) is 2. The molecule has 1 fully saturated rings. The molecule has 1 atom stereocenters. The standard InChI is InChI=1S/C15H20F3N3O4.ClH/c1-10-7-20(4-3-19-10)8-11-5-13(24-2)14(6-12(11)21(22)23)25-9-15(16,17)18;/h5-6,10,19H,3-4,7-9H2,1-2H3;1H/t10-;/m0./s1. The maximum absolute atomic E-state index is 12.3. The second-order valence-corrected chi connectivity index (χ2v) is 5.88. The van der Waals surface area contributed by atoms with Gasteiger partial charge >= 0.3 is 6.18 Å². The third-order valence-electron chi connectivity index (χ3n) is 3.80. The van der Waals surface area contributed by atoms with Crippen LogP contribution in [0.1, 0.15) is 12.5 Å². The normalized spacial score (nSPS) is 18.1. The Hall–Kier alpha value is -1.78. The first-order chi connectivity index (χ1) is 11.7. The van der Waals surface area contributed by atoms with Crippen molar-refractivity contribution in [2.24, 2.45) is 0 Å². The van der Waals surface area contributed by atoms with Crippen LogP contribution in [-0.4, -0.2) is 55.4 Å². The maximum Gasteiger partial charge on any atom is 0.422 e. The first-order valence-electron chi connectivity index (χ1n) is 7.70. The molecular weight excluding hydrogens is 379 g/mol. The molecule has 1 N–H and O–H groups in total. The number of ether oxygens (including phenoxy) is 2. The average Bonchev–Trinajstić information content (AvgIpc) is 2.52. The van der Waals surface area contributed by atoms with Gasteiger partial charge < -0.3 is 14.8 Å². The number of alkyl halides is 3. The van der Waals surface area contributed by atoms with E-state index < -0.39 is 17.7 Å². The summed E-state index contributed by atoms with van der Waals surface area (Å²) < 4.78 is 46.8. The molecule has 0 unspecified atom stereocenters. The predicted octanol–water partition coefficient (Wildman–Crippen LogP) is 2.76. The largest absolute Gasteiger partial charge is 0.493 e. The molecule has 0 radical (unpaired) electrons. The molecule has 7 nitrogen and oxygen atoms in total. The molecule has 1 aliphatic rings. The highest BCUT2D eigenvalue weighted by molar-refractivity contribution is 5.85. The Morgan fingerprint density at radius 2 is 2.08 bits per heavy atom. The number of nitro benzene ring substituents is 1. The summed E-state index contributed by atoms with van der Waals surface area (Å²) in [4.78, 5) is 12.8. The van der Waals surface area contributed by atoms with Crippen molar-refractivity contribution in [3.8, 4) is 11.5 Å². The van der Waals surface area contributed by atoms with Crippen LogP contribution in [0.2, 0.25) is 0 Å². The number of benzene rings is 1. The number of nitro groups is 1. The number of rotatable bonds is 6. The van der Waals surface area contributed by atoms with Crippen LogP contribution in [-0.2, 0) is 6.54 Å². The van der Waals surface area contributed by atoms with E-state index >= 15 is 0 Å². The third-order valence-corrected chi connectivity index (χ3v) is 3.80. The Bertz CT molecular complexity index is 631. The van der Waals surface area contributed by atoms with E-state index in [0.29, 0.717) is 18.7 Å². The highest BCUT2D eigenvalue weighted by Crippen LogP contribution is 2.36. The van der Waals surface area contributed by atoms with Gasteiger partial charge in [-0.05, 0) is 13.0 Å². The molecule has 1 aromatic rings. The molecule has 1 aromatic carbocycles. The molecule has 0 bridgehead atoms. The van der Waals surface area contributed by atoms with Gasteiger partial charge in [-0.2, -0.15) is 13.2 Å². The van der Waals surface area contributed by atoms with Crippen LogP contribution in [0.3, 0.4) is 0 Å². The van der Waals surface area contributed by atoms with Gasteiger partial charge in [-0.1, -0.05) is 0 Å². The molecule has 0 aliphatic carbocycles. The summed E-state index contributed by atoms with van der Waals surface area (Å²) in [6.45, 7) is 2.96. The molecule has 148 valence electrons. The minimum Gasteiger partial charge on any atom is -0.493 e. The number of piperazine rings is 1. The lowest BCUT2D eigenvalue weighted by Gasteiger charge is -2.31. The van der Waals surface area contributed by atoms with E-state index in [1.807, 2.05) is 11.8 Å². The minimum atomic E-state index is -4.55. The SMILES string of the molecule is COc1cc(CN2CCN[C@@H](C)C2)c([N+](=O)[O-])cc1OCC(F)(F)F.Cl. The van der Waals surface area contributed by atoms with Gasteiger partial charge in [-0.25, -0.2) is 0 Å². The highest BCUT2D eigenvalue weighted by Gasteiger charge is 2.30. The summed E-state index contributed by atoms with van der Waals surface area (Å²) in [7, 11) is 1.28. The average molecular weight is 400 g/mol. The Balaban J connectivity index is 0.00000338. The van der Waals surface area contributed by atoms with Gasteiger partial charge in [0, 0.05) is 37.8 Å². The van der Waals surface area contributed by atoms with Crippen LogP contribution in [0.4, 0.5) is 18.9 Å². The molecule has 26 heavy (non-hydrogen) atoms. The van der Waals surface area contributed by atoms with E-state index in [-0.39, 0.29) is 35.6 Å². The fourth-order valence-electron chi connectivity index (χ4n) is 2.72. The van der Waals surface area contributed by atoms with Gasteiger partial charge in [0.25, 0.3) is 5.69 Å². The molecule has 0 amide bonds. The monoisotopic (exact) mass is 399 g/mol. The van der Waals surface area contributed by atoms with Crippen LogP contribution >= 0.6 is 12.4 Å². The van der Waals surface area contributed by atoms with Crippen LogP contribution in [0.15, 0.2) is 12.1 Å². The Labute approximate surface area is 155 Å². The van der Waals surface area contributed by atoms with Crippen molar-refractivity contribution in [1.82, 2.24) is 10.2 Å². The lowest BCUT2D eigenvalue weighted by molar-refractivity contribution is -0.385. The molecule has 0 spiro atoms. The molecule has 1 saturated heterocycles. The third kappa shape index (κ3) is 6.19. The van der Waals surface area contributed by atoms with Gasteiger partial charge in [0.15, 0.2) is 18.1 Å². The topological polar surface area (TPSA) is 76.9 Å². The summed E-state index contributed by atoms with van der Waals surface area (Å²) in [6, 6.07) is 2.62. The minimum absolute atomic E-state index is 0. The summed E-state index contributed by atoms with van der Waals surface area (Å²) in [6.07, 6.45) is -4.55. The first-order valence-corrected chi connectivity index (χ1v) is 7.70. The lowest BCUT2D eigenvalue weighted by Crippen LogP contribution is -2.48. The molecular formula is C15H21ClF3N3O4. The molecule has 1 aliphatic heterocycles. The van der Waals surface area contributed by atoms with Crippen LogP contribution in [0.5, 0.6) is 11.5 Å². The van der Waals surface area contributed by atoms with E-state index in [9.17, 15) is 23.3 Å². The molecule has 1 heterocycles. The lowest BCUT2D eigenvalue weighted by atomic mass is 10.1. The fourth-order valence-corrected chi connectivity index (χ4v) is 2.72. The smallest absolute Gasteiger partial charge is 0.422 e. The molecule has 11 heteroatoms. The van der Waals surface area contributed by atoms with Crippen molar-refractivity contribution in [3.05, 3.63) is 27.8 Å². The number of hydrogen-bond donors (Lipinski definition) is 1. The second kappa shape index (κ2) is 9.24. The molecule has 2 rings (SSSR count). The van der Waals surface area contributed by atoms with E-state index in [0.717, 1.165) is 19.2 Å². The zero-order valence-corrected chi connectivity index (χ0v) is 15.2. The van der Waals surface area contributed by atoms with Gasteiger partial charge in [-0.3, -0.25) is 15.0 Å².